The molecule has 3 aromatic rings. The number of hydrogen-bond acceptors (Lipinski definition) is 7. The van der Waals surface area contributed by atoms with Crippen LogP contribution in [-0.4, -0.2) is 21.0 Å². The summed E-state index contributed by atoms with van der Waals surface area (Å²) in [5.74, 6) is 0.680. The molecule has 1 fully saturated rings. The molecular weight excluding hydrogens is 302 g/mol. The van der Waals surface area contributed by atoms with Gasteiger partial charge in [-0.2, -0.15) is 0 Å². The average molecular weight is 315 g/mol. The molecule has 106 valence electrons. The van der Waals surface area contributed by atoms with E-state index in [0.717, 1.165) is 21.1 Å². The first kappa shape index (κ1) is 12.7. The van der Waals surface area contributed by atoms with Gasteiger partial charge in [-0.3, -0.25) is 0 Å². The number of nitrogen functional groups attached to an aromatic ring is 1. The molecule has 5 nitrogen and oxygen atoms in total. The summed E-state index contributed by atoms with van der Waals surface area (Å²) in [6.07, 6.45) is 4.17. The second kappa shape index (κ2) is 5.09. The number of anilines is 2. The smallest absolute Gasteiger partial charge is 0.223 e. The lowest BCUT2D eigenvalue weighted by molar-refractivity contribution is 1.06. The summed E-state index contributed by atoms with van der Waals surface area (Å²) >= 11 is 3.12. The van der Waals surface area contributed by atoms with E-state index >= 15 is 0 Å². The zero-order valence-electron chi connectivity index (χ0n) is 11.1. The Kier molecular flexibility index (Phi) is 3.08. The van der Waals surface area contributed by atoms with Crippen molar-refractivity contribution in [1.82, 2.24) is 15.0 Å². The van der Waals surface area contributed by atoms with E-state index in [1.54, 1.807) is 17.5 Å². The van der Waals surface area contributed by atoms with Gasteiger partial charge in [-0.15, -0.1) is 11.3 Å². The molecule has 3 aromatic heterocycles. The Labute approximate surface area is 129 Å². The largest absolute Gasteiger partial charge is 0.375 e. The number of nitrogens with zero attached hydrogens (tertiary/aromatic N) is 3. The van der Waals surface area contributed by atoms with E-state index in [9.17, 15) is 0 Å². The van der Waals surface area contributed by atoms with Gasteiger partial charge in [0.25, 0.3) is 0 Å². The highest BCUT2D eigenvalue weighted by atomic mass is 32.1. The Morgan fingerprint density at radius 1 is 1.24 bits per heavy atom. The minimum Gasteiger partial charge on any atom is -0.375 e. The number of nitrogens with two attached hydrogens (primary N) is 1. The lowest BCUT2D eigenvalue weighted by atomic mass is 10.2. The molecule has 3 N–H and O–H groups in total. The zero-order chi connectivity index (χ0) is 14.2. The van der Waals surface area contributed by atoms with Gasteiger partial charge in [-0.1, -0.05) is 17.4 Å². The molecule has 0 spiro atoms. The molecule has 1 aliphatic rings. The molecule has 1 aliphatic carbocycles. The van der Waals surface area contributed by atoms with Gasteiger partial charge in [0, 0.05) is 12.2 Å². The van der Waals surface area contributed by atoms with Crippen molar-refractivity contribution >= 4 is 33.8 Å². The van der Waals surface area contributed by atoms with Crippen LogP contribution in [0, 0.1) is 0 Å². The van der Waals surface area contributed by atoms with E-state index in [-0.39, 0.29) is 0 Å². The van der Waals surface area contributed by atoms with E-state index in [4.69, 9.17) is 5.73 Å². The lowest BCUT2D eigenvalue weighted by Crippen LogP contribution is -2.05. The van der Waals surface area contributed by atoms with Crippen LogP contribution in [0.5, 0.6) is 0 Å². The van der Waals surface area contributed by atoms with Crippen LogP contribution >= 0.6 is 22.7 Å². The highest BCUT2D eigenvalue weighted by molar-refractivity contribution is 7.20. The predicted molar refractivity (Wildman–Crippen MR) is 87.5 cm³/mol. The SMILES string of the molecule is Nc1nc(-c2cccs2)c(-c2ccnc(NC3CC3)n2)s1. The molecule has 0 radical (unpaired) electrons. The van der Waals surface area contributed by atoms with Gasteiger partial charge in [0.05, 0.1) is 15.4 Å². The van der Waals surface area contributed by atoms with Crippen molar-refractivity contribution in [1.29, 1.82) is 0 Å². The summed E-state index contributed by atoms with van der Waals surface area (Å²) in [6.45, 7) is 0. The van der Waals surface area contributed by atoms with Crippen LogP contribution in [0.1, 0.15) is 12.8 Å². The maximum atomic E-state index is 5.90. The predicted octanol–water partition coefficient (Wildman–Crippen LogP) is 3.49. The fraction of sp³-hybridized carbons (Fsp3) is 0.214. The second-order valence-electron chi connectivity index (χ2n) is 4.89. The van der Waals surface area contributed by atoms with E-state index in [1.807, 2.05) is 23.6 Å². The Bertz CT molecular complexity index is 762. The molecular formula is C14H13N5S2. The van der Waals surface area contributed by atoms with Crippen molar-refractivity contribution in [3.63, 3.8) is 0 Å². The maximum absolute atomic E-state index is 5.90. The quantitative estimate of drug-likeness (QED) is 0.770. The summed E-state index contributed by atoms with van der Waals surface area (Å²) < 4.78 is 0. The fourth-order valence-electron chi connectivity index (χ4n) is 2.06. The molecule has 7 heteroatoms. The van der Waals surface area contributed by atoms with E-state index in [0.29, 0.717) is 17.1 Å². The minimum atomic E-state index is 0.531. The average Bonchev–Trinajstić information content (AvgIpc) is 3.01. The van der Waals surface area contributed by atoms with Crippen LogP contribution in [0.15, 0.2) is 29.8 Å². The molecule has 0 aliphatic heterocycles. The Morgan fingerprint density at radius 3 is 2.90 bits per heavy atom. The number of thiazole rings is 1. The Balaban J connectivity index is 1.75. The topological polar surface area (TPSA) is 76.7 Å². The number of rotatable bonds is 4. The first-order valence-electron chi connectivity index (χ1n) is 6.70. The Hall–Kier alpha value is -1.99. The summed E-state index contributed by atoms with van der Waals surface area (Å²) in [6, 6.07) is 6.50. The molecule has 0 unspecified atom stereocenters. The maximum Gasteiger partial charge on any atom is 0.223 e. The van der Waals surface area contributed by atoms with Crippen molar-refractivity contribution in [2.45, 2.75) is 18.9 Å². The molecule has 1 saturated carbocycles. The van der Waals surface area contributed by atoms with Crippen LogP contribution in [0.3, 0.4) is 0 Å². The number of hydrogen-bond donors (Lipinski definition) is 2. The normalized spacial score (nSPS) is 14.3. The van der Waals surface area contributed by atoms with Crippen LogP contribution in [-0.2, 0) is 0 Å². The summed E-state index contributed by atoms with van der Waals surface area (Å²) in [5, 5.41) is 5.92. The summed E-state index contributed by atoms with van der Waals surface area (Å²) in [4.78, 5) is 15.4. The molecule has 0 amide bonds. The van der Waals surface area contributed by atoms with E-state index in [1.165, 1.54) is 24.2 Å². The van der Waals surface area contributed by atoms with Crippen molar-refractivity contribution in [3.8, 4) is 21.1 Å². The van der Waals surface area contributed by atoms with E-state index in [2.05, 4.69) is 20.3 Å². The third-order valence-electron chi connectivity index (χ3n) is 3.20. The highest BCUT2D eigenvalue weighted by Gasteiger charge is 2.22. The van der Waals surface area contributed by atoms with Gasteiger partial charge in [-0.05, 0) is 30.4 Å². The molecule has 0 bridgehead atoms. The van der Waals surface area contributed by atoms with Gasteiger partial charge >= 0.3 is 0 Å². The molecule has 0 saturated heterocycles. The summed E-state index contributed by atoms with van der Waals surface area (Å²) in [7, 11) is 0. The third kappa shape index (κ3) is 2.62. The van der Waals surface area contributed by atoms with Crippen molar-refractivity contribution < 1.29 is 0 Å². The molecule has 0 aromatic carbocycles. The molecule has 21 heavy (non-hydrogen) atoms. The molecule has 0 atom stereocenters. The fourth-order valence-corrected chi connectivity index (χ4v) is 3.66. The van der Waals surface area contributed by atoms with Gasteiger partial charge in [-0.25, -0.2) is 15.0 Å². The summed E-state index contributed by atoms with van der Waals surface area (Å²) in [5.41, 5.74) is 7.68. The van der Waals surface area contributed by atoms with Gasteiger partial charge in [0.2, 0.25) is 5.95 Å². The van der Waals surface area contributed by atoms with Crippen molar-refractivity contribution in [2.24, 2.45) is 0 Å². The van der Waals surface area contributed by atoms with Crippen molar-refractivity contribution in [2.75, 3.05) is 11.1 Å². The monoisotopic (exact) mass is 315 g/mol. The third-order valence-corrected chi connectivity index (χ3v) is 4.98. The van der Waals surface area contributed by atoms with Crippen molar-refractivity contribution in [3.05, 3.63) is 29.8 Å². The number of aromatic nitrogens is 3. The van der Waals surface area contributed by atoms with Gasteiger partial charge in [0.1, 0.15) is 5.69 Å². The van der Waals surface area contributed by atoms with Crippen LogP contribution in [0.2, 0.25) is 0 Å². The number of thiophene rings is 1. The Morgan fingerprint density at radius 2 is 2.14 bits per heavy atom. The lowest BCUT2D eigenvalue weighted by Gasteiger charge is -2.04. The van der Waals surface area contributed by atoms with E-state index < -0.39 is 0 Å². The molecule has 3 heterocycles. The zero-order valence-corrected chi connectivity index (χ0v) is 12.7. The van der Waals surface area contributed by atoms with Gasteiger partial charge in [0.15, 0.2) is 5.13 Å². The second-order valence-corrected chi connectivity index (χ2v) is 6.87. The first-order chi connectivity index (χ1) is 10.3. The van der Waals surface area contributed by atoms with Crippen LogP contribution < -0.4 is 11.1 Å². The van der Waals surface area contributed by atoms with Crippen LogP contribution in [0.25, 0.3) is 21.1 Å². The van der Waals surface area contributed by atoms with Gasteiger partial charge < -0.3 is 11.1 Å². The minimum absolute atomic E-state index is 0.531. The number of nitrogens with one attached hydrogen (secondary N) is 1. The van der Waals surface area contributed by atoms with Crippen LogP contribution in [0.4, 0.5) is 11.1 Å². The standard InChI is InChI=1S/C14H13N5S2/c15-13-19-11(10-2-1-7-20-10)12(21-13)9-5-6-16-14(18-9)17-8-3-4-8/h1-2,5-8H,3-4H2,(H2,15,19)(H,16,17,18). The molecule has 4 rings (SSSR count). The highest BCUT2D eigenvalue weighted by Crippen LogP contribution is 2.39. The first-order valence-corrected chi connectivity index (χ1v) is 8.39.